The maximum atomic E-state index is 11.4. The molecule has 3 rings (SSSR count). The number of nitro groups is 1. The molecule has 0 fully saturated rings. The van der Waals surface area contributed by atoms with Gasteiger partial charge in [0.05, 0.1) is 29.6 Å². The van der Waals surface area contributed by atoms with E-state index in [4.69, 9.17) is 20.8 Å². The van der Waals surface area contributed by atoms with Gasteiger partial charge in [-0.05, 0) is 25.1 Å². The smallest absolute Gasteiger partial charge is 0.433 e. The van der Waals surface area contributed by atoms with Crippen LogP contribution in [-0.4, -0.2) is 33.6 Å². The summed E-state index contributed by atoms with van der Waals surface area (Å²) in [4.78, 5) is 21.6. The van der Waals surface area contributed by atoms with Crippen LogP contribution in [0.2, 0.25) is 5.02 Å². The van der Waals surface area contributed by atoms with Crippen LogP contribution >= 0.6 is 11.6 Å². The van der Waals surface area contributed by atoms with Gasteiger partial charge in [-0.15, -0.1) is 0 Å². The Kier molecular flexibility index (Phi) is 5.70. The van der Waals surface area contributed by atoms with Gasteiger partial charge in [0, 0.05) is 11.8 Å². The number of hydrogen-bond acceptors (Lipinski definition) is 7. The number of aromatic nitrogens is 2. The molecule has 0 aliphatic rings. The molecule has 2 aromatic heterocycles. The number of amides is 1. The molecule has 0 aliphatic heterocycles. The third-order valence-electron chi connectivity index (χ3n) is 3.48. The fourth-order valence-corrected chi connectivity index (χ4v) is 2.53. The second-order valence-corrected chi connectivity index (χ2v) is 5.72. The number of carbonyl (C=O) groups excluding carboxylic acids is 1. The SMILES string of the molecule is CCOC(=O)NN=Cc1cn(-c2ccccc2Cl)nc1-c1ccc([N+](=O)[O-])o1. The lowest BCUT2D eigenvalue weighted by Crippen LogP contribution is -2.18. The van der Waals surface area contributed by atoms with E-state index in [1.54, 1.807) is 37.4 Å². The average Bonchev–Trinajstić information content (AvgIpc) is 3.29. The summed E-state index contributed by atoms with van der Waals surface area (Å²) < 4.78 is 11.4. The van der Waals surface area contributed by atoms with Crippen LogP contribution in [-0.2, 0) is 4.74 Å². The summed E-state index contributed by atoms with van der Waals surface area (Å²) in [5.74, 6) is -0.259. The van der Waals surface area contributed by atoms with Crippen molar-refractivity contribution in [3.8, 4) is 17.1 Å². The first-order valence-electron chi connectivity index (χ1n) is 8.04. The average molecular weight is 404 g/mol. The zero-order chi connectivity index (χ0) is 20.1. The standard InChI is InChI=1S/C17H14ClN5O5/c1-2-27-17(24)20-19-9-11-10-22(13-6-4-3-5-12(13)18)21-16(11)14-7-8-15(28-14)23(25)26/h3-10H,2H2,1H3,(H,20,24). The summed E-state index contributed by atoms with van der Waals surface area (Å²) in [6.45, 7) is 1.87. The number of hydrogen-bond donors (Lipinski definition) is 1. The van der Waals surface area contributed by atoms with Gasteiger partial charge in [0.2, 0.25) is 0 Å². The maximum absolute atomic E-state index is 11.4. The van der Waals surface area contributed by atoms with Crippen molar-refractivity contribution in [3.63, 3.8) is 0 Å². The number of ether oxygens (including phenoxy) is 1. The molecule has 1 N–H and O–H groups in total. The number of hydrazone groups is 1. The fraction of sp³-hybridized carbons (Fsp3) is 0.118. The van der Waals surface area contributed by atoms with Crippen molar-refractivity contribution >= 4 is 29.8 Å². The van der Waals surface area contributed by atoms with E-state index < -0.39 is 16.9 Å². The monoisotopic (exact) mass is 403 g/mol. The Balaban J connectivity index is 2.00. The number of rotatable bonds is 6. The Hall–Kier alpha value is -3.66. The zero-order valence-electron chi connectivity index (χ0n) is 14.5. The summed E-state index contributed by atoms with van der Waals surface area (Å²) in [5.41, 5.74) is 3.50. The lowest BCUT2D eigenvalue weighted by atomic mass is 10.2. The van der Waals surface area contributed by atoms with Gasteiger partial charge < -0.3 is 9.15 Å². The fourth-order valence-electron chi connectivity index (χ4n) is 2.31. The van der Waals surface area contributed by atoms with Crippen molar-refractivity contribution in [2.45, 2.75) is 6.92 Å². The maximum Gasteiger partial charge on any atom is 0.433 e. The number of benzene rings is 1. The molecule has 3 aromatic rings. The molecule has 10 nitrogen and oxygen atoms in total. The number of furan rings is 1. The van der Waals surface area contributed by atoms with Gasteiger partial charge in [0.25, 0.3) is 0 Å². The molecule has 11 heteroatoms. The zero-order valence-corrected chi connectivity index (χ0v) is 15.3. The quantitative estimate of drug-likeness (QED) is 0.379. The van der Waals surface area contributed by atoms with Gasteiger partial charge >= 0.3 is 12.0 Å². The molecule has 144 valence electrons. The van der Waals surface area contributed by atoms with E-state index in [1.807, 2.05) is 0 Å². The highest BCUT2D eigenvalue weighted by Gasteiger charge is 2.19. The molecule has 28 heavy (non-hydrogen) atoms. The van der Waals surface area contributed by atoms with Gasteiger partial charge in [-0.3, -0.25) is 10.1 Å². The Bertz CT molecular complexity index is 1040. The molecule has 0 aliphatic carbocycles. The van der Waals surface area contributed by atoms with Gasteiger partial charge in [0.15, 0.2) is 5.76 Å². The summed E-state index contributed by atoms with van der Waals surface area (Å²) in [6.07, 6.45) is 2.20. The summed E-state index contributed by atoms with van der Waals surface area (Å²) >= 11 is 6.21. The highest BCUT2D eigenvalue weighted by Crippen LogP contribution is 2.29. The van der Waals surface area contributed by atoms with Gasteiger partial charge in [-0.2, -0.15) is 10.2 Å². The minimum atomic E-state index is -0.715. The lowest BCUT2D eigenvalue weighted by Gasteiger charge is -2.02. The third kappa shape index (κ3) is 4.18. The molecule has 0 atom stereocenters. The molecule has 0 spiro atoms. The van der Waals surface area contributed by atoms with Crippen molar-refractivity contribution in [1.82, 2.24) is 15.2 Å². The molecule has 0 saturated heterocycles. The Morgan fingerprint density at radius 3 is 2.89 bits per heavy atom. The van der Waals surface area contributed by atoms with E-state index in [0.717, 1.165) is 0 Å². The molecular weight excluding hydrogens is 390 g/mol. The number of nitrogens with zero attached hydrogens (tertiary/aromatic N) is 4. The van der Waals surface area contributed by atoms with E-state index in [-0.39, 0.29) is 18.1 Å². The van der Waals surface area contributed by atoms with Crippen molar-refractivity contribution in [2.75, 3.05) is 6.61 Å². The van der Waals surface area contributed by atoms with Crippen molar-refractivity contribution < 1.29 is 18.9 Å². The van der Waals surface area contributed by atoms with E-state index in [9.17, 15) is 14.9 Å². The molecule has 0 unspecified atom stereocenters. The molecule has 1 amide bonds. The van der Waals surface area contributed by atoms with Gasteiger partial charge in [-0.25, -0.2) is 14.9 Å². The van der Waals surface area contributed by atoms with Crippen molar-refractivity contribution in [1.29, 1.82) is 0 Å². The first-order chi connectivity index (χ1) is 13.5. The molecular formula is C17H14ClN5O5. The lowest BCUT2D eigenvalue weighted by molar-refractivity contribution is -0.401. The van der Waals surface area contributed by atoms with Crippen molar-refractivity contribution in [2.24, 2.45) is 5.10 Å². The molecule has 2 heterocycles. The Labute approximate surface area is 163 Å². The summed E-state index contributed by atoms with van der Waals surface area (Å²) in [5, 5.41) is 19.6. The third-order valence-corrected chi connectivity index (χ3v) is 3.80. The highest BCUT2D eigenvalue weighted by atomic mass is 35.5. The minimum Gasteiger partial charge on any atom is -0.449 e. The second kappa shape index (κ2) is 8.35. The number of halogens is 1. The van der Waals surface area contributed by atoms with Crippen molar-refractivity contribution in [3.05, 3.63) is 63.3 Å². The predicted molar refractivity (Wildman–Crippen MR) is 101 cm³/mol. The van der Waals surface area contributed by atoms with Gasteiger partial charge in [0.1, 0.15) is 10.6 Å². The molecule has 0 radical (unpaired) electrons. The second-order valence-electron chi connectivity index (χ2n) is 5.31. The molecule has 0 bridgehead atoms. The van der Waals surface area contributed by atoms with Crippen LogP contribution in [0.25, 0.3) is 17.1 Å². The number of para-hydroxylation sites is 1. The van der Waals surface area contributed by atoms with Crippen LogP contribution in [0.4, 0.5) is 10.7 Å². The van der Waals surface area contributed by atoms with Gasteiger partial charge in [-0.1, -0.05) is 23.7 Å². The van der Waals surface area contributed by atoms with Crippen LogP contribution in [0, 0.1) is 10.1 Å². The number of carbonyl (C=O) groups is 1. The van der Waals surface area contributed by atoms with Crippen LogP contribution in [0.1, 0.15) is 12.5 Å². The first-order valence-corrected chi connectivity index (χ1v) is 8.42. The predicted octanol–water partition coefficient (Wildman–Crippen LogP) is 3.77. The topological polar surface area (TPSA) is 125 Å². The Morgan fingerprint density at radius 2 is 2.21 bits per heavy atom. The number of nitrogens with one attached hydrogen (secondary N) is 1. The van der Waals surface area contributed by atoms with E-state index in [1.165, 1.54) is 23.0 Å². The molecule has 1 aromatic carbocycles. The molecule has 0 saturated carbocycles. The van der Waals surface area contributed by atoms with E-state index >= 15 is 0 Å². The van der Waals surface area contributed by atoms with Crippen LogP contribution in [0.3, 0.4) is 0 Å². The highest BCUT2D eigenvalue weighted by molar-refractivity contribution is 6.32. The largest absolute Gasteiger partial charge is 0.449 e. The van der Waals surface area contributed by atoms with Crippen LogP contribution < -0.4 is 5.43 Å². The normalized spacial score (nSPS) is 10.9. The minimum absolute atomic E-state index is 0.162. The van der Waals surface area contributed by atoms with Crippen LogP contribution in [0.5, 0.6) is 0 Å². The summed E-state index contributed by atoms with van der Waals surface area (Å²) in [6, 6.07) is 9.66. The van der Waals surface area contributed by atoms with Crippen LogP contribution in [0.15, 0.2) is 52.1 Å². The van der Waals surface area contributed by atoms with E-state index in [2.05, 4.69) is 15.6 Å². The Morgan fingerprint density at radius 1 is 1.43 bits per heavy atom. The first kappa shape index (κ1) is 19.1. The summed E-state index contributed by atoms with van der Waals surface area (Å²) in [7, 11) is 0. The van der Waals surface area contributed by atoms with E-state index in [0.29, 0.717) is 16.3 Å².